The Morgan fingerprint density at radius 2 is 2.00 bits per heavy atom. The third-order valence-electron chi connectivity index (χ3n) is 3.22. The van der Waals surface area contributed by atoms with E-state index in [4.69, 9.17) is 10.8 Å². The van der Waals surface area contributed by atoms with Gasteiger partial charge in [0.25, 0.3) is 0 Å². The molecule has 1 aliphatic heterocycles. The first-order valence-corrected chi connectivity index (χ1v) is 5.80. The van der Waals surface area contributed by atoms with Crippen LogP contribution in [-0.4, -0.2) is 41.0 Å². The van der Waals surface area contributed by atoms with Crippen LogP contribution < -0.4 is 5.73 Å². The molecule has 0 aromatic rings. The Morgan fingerprint density at radius 3 is 2.44 bits per heavy atom. The van der Waals surface area contributed by atoms with Gasteiger partial charge in [-0.1, -0.05) is 13.3 Å². The molecule has 5 heteroatoms. The van der Waals surface area contributed by atoms with Crippen LogP contribution in [-0.2, 0) is 9.59 Å². The van der Waals surface area contributed by atoms with E-state index in [9.17, 15) is 9.59 Å². The average molecular weight is 228 g/mol. The number of piperidine rings is 1. The summed E-state index contributed by atoms with van der Waals surface area (Å²) in [4.78, 5) is 23.9. The molecule has 0 bridgehead atoms. The number of nitrogens with two attached hydrogens (primary N) is 1. The maximum absolute atomic E-state index is 11.8. The first-order chi connectivity index (χ1) is 7.54. The minimum atomic E-state index is -1.02. The summed E-state index contributed by atoms with van der Waals surface area (Å²) in [5.74, 6) is -0.555. The van der Waals surface area contributed by atoms with Crippen molar-refractivity contribution in [1.82, 2.24) is 4.90 Å². The van der Waals surface area contributed by atoms with Crippen LogP contribution in [0, 0.1) is 5.92 Å². The molecule has 5 nitrogen and oxygen atoms in total. The van der Waals surface area contributed by atoms with Gasteiger partial charge in [0.2, 0.25) is 5.91 Å². The largest absolute Gasteiger partial charge is 0.481 e. The maximum atomic E-state index is 11.8. The molecule has 0 aromatic heterocycles. The maximum Gasteiger partial charge on any atom is 0.305 e. The number of rotatable bonds is 4. The Kier molecular flexibility index (Phi) is 4.73. The van der Waals surface area contributed by atoms with Crippen molar-refractivity contribution < 1.29 is 14.7 Å². The number of hydrogen-bond donors (Lipinski definition) is 2. The van der Waals surface area contributed by atoms with E-state index in [0.29, 0.717) is 19.0 Å². The third kappa shape index (κ3) is 3.48. The Morgan fingerprint density at radius 1 is 1.44 bits per heavy atom. The number of carbonyl (C=O) groups is 2. The van der Waals surface area contributed by atoms with Crippen LogP contribution >= 0.6 is 0 Å². The van der Waals surface area contributed by atoms with Crippen molar-refractivity contribution in [2.75, 3.05) is 13.1 Å². The van der Waals surface area contributed by atoms with Crippen LogP contribution in [0.3, 0.4) is 0 Å². The summed E-state index contributed by atoms with van der Waals surface area (Å²) in [5.41, 5.74) is 5.54. The Hall–Kier alpha value is -1.10. The van der Waals surface area contributed by atoms with E-state index >= 15 is 0 Å². The molecule has 16 heavy (non-hydrogen) atoms. The molecule has 3 N–H and O–H groups in total. The van der Waals surface area contributed by atoms with Crippen molar-refractivity contribution in [3.05, 3.63) is 0 Å². The van der Waals surface area contributed by atoms with Crippen molar-refractivity contribution in [2.24, 2.45) is 11.7 Å². The summed E-state index contributed by atoms with van der Waals surface area (Å²) in [6.45, 7) is 3.58. The summed E-state index contributed by atoms with van der Waals surface area (Å²) in [5, 5.41) is 8.56. The van der Waals surface area contributed by atoms with Gasteiger partial charge in [0, 0.05) is 13.1 Å². The highest BCUT2D eigenvalue weighted by Gasteiger charge is 2.26. The van der Waals surface area contributed by atoms with Crippen LogP contribution in [0.4, 0.5) is 0 Å². The number of carboxylic acids is 1. The van der Waals surface area contributed by atoms with Gasteiger partial charge in [-0.05, 0) is 18.8 Å². The number of hydrogen-bond acceptors (Lipinski definition) is 3. The lowest BCUT2D eigenvalue weighted by Gasteiger charge is -2.32. The quantitative estimate of drug-likeness (QED) is 0.731. The molecule has 1 fully saturated rings. The van der Waals surface area contributed by atoms with Crippen molar-refractivity contribution in [1.29, 1.82) is 0 Å². The molecule has 0 spiro atoms. The average Bonchev–Trinajstić information content (AvgIpc) is 2.27. The van der Waals surface area contributed by atoms with Crippen molar-refractivity contribution in [2.45, 2.75) is 38.6 Å². The van der Waals surface area contributed by atoms with Crippen LogP contribution in [0.15, 0.2) is 0 Å². The fourth-order valence-corrected chi connectivity index (χ4v) is 2.07. The second-order valence-corrected chi connectivity index (χ2v) is 4.38. The van der Waals surface area contributed by atoms with Gasteiger partial charge in [-0.2, -0.15) is 0 Å². The molecular formula is C11H20N2O3. The van der Waals surface area contributed by atoms with E-state index in [1.165, 1.54) is 0 Å². The summed E-state index contributed by atoms with van der Waals surface area (Å²) in [6.07, 6.45) is 2.86. The Labute approximate surface area is 95.6 Å². The Bertz CT molecular complexity index is 260. The molecule has 1 amide bonds. The lowest BCUT2D eigenvalue weighted by Crippen LogP contribution is -2.47. The minimum Gasteiger partial charge on any atom is -0.481 e. The highest BCUT2D eigenvalue weighted by atomic mass is 16.4. The van der Waals surface area contributed by atoms with Gasteiger partial charge in [0.15, 0.2) is 0 Å². The zero-order chi connectivity index (χ0) is 12.1. The Balaban J connectivity index is 2.40. The van der Waals surface area contributed by atoms with E-state index in [1.807, 2.05) is 0 Å². The topological polar surface area (TPSA) is 83.6 Å². The molecule has 1 atom stereocenters. The lowest BCUT2D eigenvalue weighted by molar-refractivity contribution is -0.142. The van der Waals surface area contributed by atoms with E-state index in [1.54, 1.807) is 4.90 Å². The predicted octanol–water partition coefficient (Wildman–Crippen LogP) is 0.437. The second-order valence-electron chi connectivity index (χ2n) is 4.38. The fraction of sp³-hybridized carbons (Fsp3) is 0.818. The van der Waals surface area contributed by atoms with Crippen LogP contribution in [0.25, 0.3) is 0 Å². The normalized spacial score (nSPS) is 19.5. The number of nitrogens with zero attached hydrogens (tertiary/aromatic N) is 1. The van der Waals surface area contributed by atoms with Crippen LogP contribution in [0.2, 0.25) is 0 Å². The van der Waals surface area contributed by atoms with Gasteiger partial charge in [0.05, 0.1) is 12.5 Å². The summed E-state index contributed by atoms with van der Waals surface area (Å²) in [6, 6.07) is -0.893. The molecule has 92 valence electrons. The van der Waals surface area contributed by atoms with Gasteiger partial charge in [-0.3, -0.25) is 9.59 Å². The van der Waals surface area contributed by atoms with Crippen molar-refractivity contribution >= 4 is 11.9 Å². The monoisotopic (exact) mass is 228 g/mol. The van der Waals surface area contributed by atoms with Crippen molar-refractivity contribution in [3.8, 4) is 0 Å². The number of likely N-dealkylation sites (tertiary alicyclic amines) is 1. The molecular weight excluding hydrogens is 208 g/mol. The standard InChI is InChI=1S/C11H20N2O3/c1-2-8-3-5-13(6-4-8)11(16)9(12)7-10(14)15/h8-9H,2-7,12H2,1H3,(H,14,15). The summed E-state index contributed by atoms with van der Waals surface area (Å²) < 4.78 is 0. The predicted molar refractivity (Wildman–Crippen MR) is 59.8 cm³/mol. The van der Waals surface area contributed by atoms with E-state index < -0.39 is 12.0 Å². The van der Waals surface area contributed by atoms with E-state index in [-0.39, 0.29) is 12.3 Å². The van der Waals surface area contributed by atoms with Gasteiger partial charge in [-0.25, -0.2) is 0 Å². The van der Waals surface area contributed by atoms with Crippen molar-refractivity contribution in [3.63, 3.8) is 0 Å². The molecule has 0 saturated carbocycles. The number of aliphatic carboxylic acids is 1. The molecule has 1 unspecified atom stereocenters. The second kappa shape index (κ2) is 5.84. The number of amides is 1. The number of carbonyl (C=O) groups excluding carboxylic acids is 1. The van der Waals surface area contributed by atoms with Crippen LogP contribution in [0.1, 0.15) is 32.6 Å². The van der Waals surface area contributed by atoms with Gasteiger partial charge in [0.1, 0.15) is 0 Å². The first-order valence-electron chi connectivity index (χ1n) is 5.80. The molecule has 1 heterocycles. The molecule has 1 rings (SSSR count). The van der Waals surface area contributed by atoms with Gasteiger partial charge >= 0.3 is 5.97 Å². The zero-order valence-corrected chi connectivity index (χ0v) is 9.69. The van der Waals surface area contributed by atoms with Gasteiger partial charge < -0.3 is 15.7 Å². The highest BCUT2D eigenvalue weighted by Crippen LogP contribution is 2.20. The zero-order valence-electron chi connectivity index (χ0n) is 9.69. The fourth-order valence-electron chi connectivity index (χ4n) is 2.07. The van der Waals surface area contributed by atoms with Crippen LogP contribution in [0.5, 0.6) is 0 Å². The van der Waals surface area contributed by atoms with Gasteiger partial charge in [-0.15, -0.1) is 0 Å². The number of carboxylic acid groups (broad SMARTS) is 1. The van der Waals surface area contributed by atoms with E-state index in [2.05, 4.69) is 6.92 Å². The van der Waals surface area contributed by atoms with E-state index in [0.717, 1.165) is 19.3 Å². The lowest BCUT2D eigenvalue weighted by atomic mass is 9.94. The highest BCUT2D eigenvalue weighted by molar-refractivity contribution is 5.86. The molecule has 0 aliphatic carbocycles. The summed E-state index contributed by atoms with van der Waals surface area (Å²) >= 11 is 0. The smallest absolute Gasteiger partial charge is 0.305 e. The molecule has 1 saturated heterocycles. The first kappa shape index (κ1) is 13.0. The molecule has 1 aliphatic rings. The molecule has 0 aromatic carbocycles. The minimum absolute atomic E-state index is 0.225. The third-order valence-corrected chi connectivity index (χ3v) is 3.22. The molecule has 0 radical (unpaired) electrons. The SMILES string of the molecule is CCC1CCN(C(=O)C(N)CC(=O)O)CC1. The summed E-state index contributed by atoms with van der Waals surface area (Å²) in [7, 11) is 0.